The maximum absolute atomic E-state index is 12.2. The molecule has 0 aliphatic carbocycles. The molecule has 7 heteroatoms. The molecule has 3 rings (SSSR count). The average molecular weight is 301 g/mol. The van der Waals surface area contributed by atoms with Crippen LogP contribution in [0.2, 0.25) is 0 Å². The summed E-state index contributed by atoms with van der Waals surface area (Å²) in [5.41, 5.74) is 2.05. The van der Waals surface area contributed by atoms with Crippen LogP contribution in [0, 0.1) is 12.8 Å². The zero-order valence-electron chi connectivity index (χ0n) is 12.5. The molecule has 2 heterocycles. The first-order chi connectivity index (χ1) is 10.7. The molecule has 116 valence electrons. The molecular weight excluding hydrogens is 282 g/mol. The lowest BCUT2D eigenvalue weighted by molar-refractivity contribution is -0.131. The molecule has 1 N–H and O–H groups in total. The van der Waals surface area contributed by atoms with Crippen LogP contribution < -0.4 is 0 Å². The minimum absolute atomic E-state index is 0.0381. The van der Waals surface area contributed by atoms with E-state index in [2.05, 4.69) is 15.4 Å². The number of amides is 1. The number of aliphatic hydroxyl groups is 1. The number of aliphatic hydroxyl groups excluding tert-OH is 1. The van der Waals surface area contributed by atoms with Crippen molar-refractivity contribution in [2.45, 2.75) is 19.9 Å². The molecule has 0 bridgehead atoms. The predicted molar refractivity (Wildman–Crippen MR) is 79.8 cm³/mol. The highest BCUT2D eigenvalue weighted by molar-refractivity contribution is 5.76. The average Bonchev–Trinajstić information content (AvgIpc) is 3.17. The van der Waals surface area contributed by atoms with E-state index in [1.807, 2.05) is 31.2 Å². The topological polar surface area (TPSA) is 84.1 Å². The van der Waals surface area contributed by atoms with Crippen LogP contribution in [0.25, 0.3) is 11.4 Å². The second-order valence-electron chi connectivity index (χ2n) is 5.69. The van der Waals surface area contributed by atoms with Gasteiger partial charge in [-0.1, -0.05) is 29.8 Å². The summed E-state index contributed by atoms with van der Waals surface area (Å²) in [6.45, 7) is 3.51. The van der Waals surface area contributed by atoms with Crippen LogP contribution >= 0.6 is 0 Å². The summed E-state index contributed by atoms with van der Waals surface area (Å²) in [7, 11) is 0. The molecule has 1 aromatic heterocycles. The van der Waals surface area contributed by atoms with Gasteiger partial charge in [0, 0.05) is 31.2 Å². The molecule has 0 spiro atoms. The number of hydrogen-bond donors (Lipinski definition) is 1. The van der Waals surface area contributed by atoms with Gasteiger partial charge in [0.15, 0.2) is 0 Å². The van der Waals surface area contributed by atoms with Gasteiger partial charge in [0.25, 0.3) is 0 Å². The third kappa shape index (κ3) is 3.14. The Bertz CT molecular complexity index is 652. The molecule has 1 aliphatic heterocycles. The van der Waals surface area contributed by atoms with Crippen LogP contribution in [-0.4, -0.2) is 55.8 Å². The fourth-order valence-corrected chi connectivity index (χ4v) is 2.56. The lowest BCUT2D eigenvalue weighted by atomic mass is 10.1. The second kappa shape index (κ2) is 6.23. The summed E-state index contributed by atoms with van der Waals surface area (Å²) >= 11 is 0. The van der Waals surface area contributed by atoms with E-state index in [0.29, 0.717) is 18.9 Å². The highest BCUT2D eigenvalue weighted by Gasteiger charge is 2.26. The van der Waals surface area contributed by atoms with Crippen LogP contribution in [-0.2, 0) is 11.3 Å². The summed E-state index contributed by atoms with van der Waals surface area (Å²) in [5.74, 6) is 0.669. The minimum atomic E-state index is -0.0381. The number of carbonyl (C=O) groups excluding carboxylic acids is 1. The van der Waals surface area contributed by atoms with Crippen molar-refractivity contribution in [2.24, 2.45) is 5.92 Å². The van der Waals surface area contributed by atoms with Gasteiger partial charge in [0.2, 0.25) is 11.7 Å². The zero-order chi connectivity index (χ0) is 15.5. The maximum Gasteiger partial charge on any atom is 0.246 e. The lowest BCUT2D eigenvalue weighted by Crippen LogP contribution is -2.32. The Morgan fingerprint density at radius 3 is 2.82 bits per heavy atom. The van der Waals surface area contributed by atoms with Gasteiger partial charge >= 0.3 is 0 Å². The van der Waals surface area contributed by atoms with Gasteiger partial charge in [-0.15, -0.1) is 10.2 Å². The van der Waals surface area contributed by atoms with Crippen molar-refractivity contribution in [3.8, 4) is 11.4 Å². The Morgan fingerprint density at radius 1 is 1.36 bits per heavy atom. The van der Waals surface area contributed by atoms with Gasteiger partial charge in [-0.25, -0.2) is 0 Å². The molecule has 1 amide bonds. The van der Waals surface area contributed by atoms with E-state index in [1.165, 1.54) is 10.4 Å². The first-order valence-electron chi connectivity index (χ1n) is 7.39. The molecule has 2 aromatic rings. The lowest BCUT2D eigenvalue weighted by Gasteiger charge is -2.15. The van der Waals surface area contributed by atoms with Crippen LogP contribution in [0.4, 0.5) is 0 Å². The summed E-state index contributed by atoms with van der Waals surface area (Å²) in [6, 6.07) is 7.84. The number of benzene rings is 1. The van der Waals surface area contributed by atoms with E-state index >= 15 is 0 Å². The molecule has 1 atom stereocenters. The van der Waals surface area contributed by atoms with Gasteiger partial charge < -0.3 is 10.0 Å². The zero-order valence-corrected chi connectivity index (χ0v) is 12.5. The number of hydrogen-bond acceptors (Lipinski definition) is 5. The molecule has 1 aliphatic rings. The SMILES string of the molecule is Cc1ccc(-c2nnn(CC(=O)N3CCC(CO)C3)n2)cc1. The van der Waals surface area contributed by atoms with E-state index in [-0.39, 0.29) is 25.0 Å². The highest BCUT2D eigenvalue weighted by atomic mass is 16.3. The smallest absolute Gasteiger partial charge is 0.246 e. The maximum atomic E-state index is 12.2. The van der Waals surface area contributed by atoms with Crippen LogP contribution in [0.5, 0.6) is 0 Å². The van der Waals surface area contributed by atoms with Crippen molar-refractivity contribution in [1.29, 1.82) is 0 Å². The van der Waals surface area contributed by atoms with Gasteiger partial charge in [-0.05, 0) is 18.6 Å². The van der Waals surface area contributed by atoms with Crippen molar-refractivity contribution < 1.29 is 9.90 Å². The molecule has 7 nitrogen and oxygen atoms in total. The summed E-state index contributed by atoms with van der Waals surface area (Å²) in [4.78, 5) is 15.3. The normalized spacial score (nSPS) is 17.9. The van der Waals surface area contributed by atoms with Gasteiger partial charge in [-0.2, -0.15) is 4.80 Å². The largest absolute Gasteiger partial charge is 0.396 e. The first kappa shape index (κ1) is 14.6. The first-order valence-corrected chi connectivity index (χ1v) is 7.39. The summed E-state index contributed by atoms with van der Waals surface area (Å²) in [6.07, 6.45) is 0.849. The third-order valence-corrected chi connectivity index (χ3v) is 3.94. The molecule has 1 saturated heterocycles. The Kier molecular flexibility index (Phi) is 4.15. The fourth-order valence-electron chi connectivity index (χ4n) is 2.56. The van der Waals surface area contributed by atoms with Gasteiger partial charge in [0.1, 0.15) is 6.54 Å². The van der Waals surface area contributed by atoms with Crippen molar-refractivity contribution in [2.75, 3.05) is 19.7 Å². The van der Waals surface area contributed by atoms with E-state index in [1.54, 1.807) is 4.90 Å². The summed E-state index contributed by atoms with van der Waals surface area (Å²) < 4.78 is 0. The molecule has 22 heavy (non-hydrogen) atoms. The molecular formula is C15H19N5O2. The second-order valence-corrected chi connectivity index (χ2v) is 5.69. The molecule has 0 saturated carbocycles. The third-order valence-electron chi connectivity index (χ3n) is 3.94. The van der Waals surface area contributed by atoms with Crippen LogP contribution in [0.15, 0.2) is 24.3 Å². The van der Waals surface area contributed by atoms with Crippen molar-refractivity contribution in [3.63, 3.8) is 0 Å². The fraction of sp³-hybridized carbons (Fsp3) is 0.467. The number of nitrogens with zero attached hydrogens (tertiary/aromatic N) is 5. The van der Waals surface area contributed by atoms with Crippen molar-refractivity contribution in [1.82, 2.24) is 25.1 Å². The molecule has 0 radical (unpaired) electrons. The van der Waals surface area contributed by atoms with E-state index in [9.17, 15) is 4.79 Å². The number of aromatic nitrogens is 4. The molecule has 1 unspecified atom stereocenters. The Hall–Kier alpha value is -2.28. The Morgan fingerprint density at radius 2 is 2.14 bits per heavy atom. The number of aryl methyl sites for hydroxylation is 1. The van der Waals surface area contributed by atoms with E-state index in [4.69, 9.17) is 5.11 Å². The van der Waals surface area contributed by atoms with E-state index in [0.717, 1.165) is 12.0 Å². The van der Waals surface area contributed by atoms with Gasteiger partial charge in [-0.3, -0.25) is 4.79 Å². The van der Waals surface area contributed by atoms with Gasteiger partial charge in [0.05, 0.1) is 0 Å². The Balaban J connectivity index is 1.64. The number of likely N-dealkylation sites (tertiary alicyclic amines) is 1. The molecule has 1 aromatic carbocycles. The monoisotopic (exact) mass is 301 g/mol. The minimum Gasteiger partial charge on any atom is -0.396 e. The Labute approximate surface area is 128 Å². The van der Waals surface area contributed by atoms with Crippen molar-refractivity contribution >= 4 is 5.91 Å². The number of tetrazole rings is 1. The number of carbonyl (C=O) groups is 1. The van der Waals surface area contributed by atoms with E-state index < -0.39 is 0 Å². The standard InChI is InChI=1S/C15H19N5O2/c1-11-2-4-13(5-3-11)15-16-18-20(17-15)9-14(22)19-7-6-12(8-19)10-21/h2-5,12,21H,6-10H2,1H3. The van der Waals surface area contributed by atoms with Crippen LogP contribution in [0.1, 0.15) is 12.0 Å². The van der Waals surface area contributed by atoms with Crippen molar-refractivity contribution in [3.05, 3.63) is 29.8 Å². The number of rotatable bonds is 4. The molecule has 1 fully saturated rings. The van der Waals surface area contributed by atoms with Crippen LogP contribution in [0.3, 0.4) is 0 Å². The predicted octanol–water partition coefficient (Wildman–Crippen LogP) is 0.489. The summed E-state index contributed by atoms with van der Waals surface area (Å²) in [5, 5.41) is 21.3. The highest BCUT2D eigenvalue weighted by Crippen LogP contribution is 2.16. The quantitative estimate of drug-likeness (QED) is 0.888.